The Labute approximate surface area is 120 Å². The summed E-state index contributed by atoms with van der Waals surface area (Å²) in [6.07, 6.45) is 0.125. The molecule has 4 nitrogen and oxygen atoms in total. The van der Waals surface area contributed by atoms with Crippen molar-refractivity contribution in [3.8, 4) is 5.75 Å². The molecule has 1 amide bonds. The summed E-state index contributed by atoms with van der Waals surface area (Å²) in [5.41, 5.74) is 1.58. The standard InChI is InChI=1S/C16H23NO3/c1-12(2)11-19-10-9-17-16(18)14-5-7-15(8-6-14)20-13(3)4/h5-8,13H,1,9-11H2,2-4H3,(H,17,18). The Morgan fingerprint density at radius 2 is 1.95 bits per heavy atom. The average Bonchev–Trinajstić information content (AvgIpc) is 2.38. The summed E-state index contributed by atoms with van der Waals surface area (Å²) in [7, 11) is 0. The Hall–Kier alpha value is -1.81. The quantitative estimate of drug-likeness (QED) is 0.587. The predicted octanol–water partition coefficient (Wildman–Crippen LogP) is 2.80. The number of hydrogen-bond acceptors (Lipinski definition) is 3. The minimum absolute atomic E-state index is 0.111. The first kappa shape index (κ1) is 16.2. The van der Waals surface area contributed by atoms with Gasteiger partial charge in [0, 0.05) is 12.1 Å². The molecular weight excluding hydrogens is 254 g/mol. The average molecular weight is 277 g/mol. The highest BCUT2D eigenvalue weighted by molar-refractivity contribution is 5.94. The number of carbonyl (C=O) groups excluding carboxylic acids is 1. The van der Waals surface area contributed by atoms with Crippen molar-refractivity contribution in [3.05, 3.63) is 42.0 Å². The molecule has 0 aliphatic heterocycles. The van der Waals surface area contributed by atoms with E-state index in [1.165, 1.54) is 0 Å². The van der Waals surface area contributed by atoms with E-state index in [-0.39, 0.29) is 12.0 Å². The first-order chi connectivity index (χ1) is 9.49. The van der Waals surface area contributed by atoms with Crippen molar-refractivity contribution in [3.63, 3.8) is 0 Å². The van der Waals surface area contributed by atoms with Crippen LogP contribution < -0.4 is 10.1 Å². The summed E-state index contributed by atoms with van der Waals surface area (Å²) in [6, 6.07) is 7.10. The lowest BCUT2D eigenvalue weighted by Gasteiger charge is -2.10. The third-order valence-electron chi connectivity index (χ3n) is 2.37. The summed E-state index contributed by atoms with van der Waals surface area (Å²) < 4.78 is 10.8. The van der Waals surface area contributed by atoms with Gasteiger partial charge in [-0.25, -0.2) is 0 Å². The molecule has 0 unspecified atom stereocenters. The molecule has 20 heavy (non-hydrogen) atoms. The number of rotatable bonds is 8. The number of benzene rings is 1. The lowest BCUT2D eigenvalue weighted by atomic mass is 10.2. The second-order valence-electron chi connectivity index (χ2n) is 4.96. The van der Waals surface area contributed by atoms with Crippen LogP contribution in [-0.4, -0.2) is 31.8 Å². The maximum Gasteiger partial charge on any atom is 0.251 e. The van der Waals surface area contributed by atoms with Gasteiger partial charge in [0.2, 0.25) is 0 Å². The maximum atomic E-state index is 11.9. The number of nitrogens with one attached hydrogen (secondary N) is 1. The zero-order valence-electron chi connectivity index (χ0n) is 12.4. The topological polar surface area (TPSA) is 47.6 Å². The van der Waals surface area contributed by atoms with Crippen LogP contribution in [0.4, 0.5) is 0 Å². The minimum Gasteiger partial charge on any atom is -0.491 e. The van der Waals surface area contributed by atoms with Gasteiger partial charge in [0.25, 0.3) is 5.91 Å². The number of hydrogen-bond donors (Lipinski definition) is 1. The minimum atomic E-state index is -0.111. The van der Waals surface area contributed by atoms with Gasteiger partial charge in [0.05, 0.1) is 19.3 Å². The second kappa shape index (κ2) is 8.38. The van der Waals surface area contributed by atoms with Gasteiger partial charge in [-0.2, -0.15) is 0 Å². The third-order valence-corrected chi connectivity index (χ3v) is 2.37. The van der Waals surface area contributed by atoms with Gasteiger partial charge in [-0.3, -0.25) is 4.79 Å². The molecule has 0 heterocycles. The summed E-state index contributed by atoms with van der Waals surface area (Å²) in [5.74, 6) is 0.654. The summed E-state index contributed by atoms with van der Waals surface area (Å²) in [6.45, 7) is 11.1. The molecule has 0 bridgehead atoms. The molecule has 0 fully saturated rings. The van der Waals surface area contributed by atoms with Crippen LogP contribution in [0.1, 0.15) is 31.1 Å². The summed E-state index contributed by atoms with van der Waals surface area (Å²) in [4.78, 5) is 11.9. The Morgan fingerprint density at radius 1 is 1.30 bits per heavy atom. The first-order valence-electron chi connectivity index (χ1n) is 6.76. The van der Waals surface area contributed by atoms with Crippen LogP contribution in [0.15, 0.2) is 36.4 Å². The van der Waals surface area contributed by atoms with Crippen molar-refractivity contribution in [1.29, 1.82) is 0 Å². The van der Waals surface area contributed by atoms with Crippen LogP contribution in [0.5, 0.6) is 5.75 Å². The molecule has 0 radical (unpaired) electrons. The lowest BCUT2D eigenvalue weighted by molar-refractivity contribution is 0.0927. The number of amides is 1. The van der Waals surface area contributed by atoms with Crippen molar-refractivity contribution in [2.24, 2.45) is 0 Å². The maximum absolute atomic E-state index is 11.9. The van der Waals surface area contributed by atoms with Gasteiger partial charge in [-0.05, 0) is 45.0 Å². The van der Waals surface area contributed by atoms with E-state index < -0.39 is 0 Å². The van der Waals surface area contributed by atoms with E-state index in [1.807, 2.05) is 20.8 Å². The van der Waals surface area contributed by atoms with Crippen molar-refractivity contribution >= 4 is 5.91 Å². The van der Waals surface area contributed by atoms with Crippen molar-refractivity contribution in [1.82, 2.24) is 5.32 Å². The van der Waals surface area contributed by atoms with Crippen LogP contribution in [0, 0.1) is 0 Å². The Balaban J connectivity index is 2.34. The largest absolute Gasteiger partial charge is 0.491 e. The monoisotopic (exact) mass is 277 g/mol. The molecule has 0 atom stereocenters. The molecule has 0 aliphatic rings. The predicted molar refractivity (Wildman–Crippen MR) is 80.2 cm³/mol. The lowest BCUT2D eigenvalue weighted by Crippen LogP contribution is -2.27. The van der Waals surface area contributed by atoms with Crippen LogP contribution in [0.25, 0.3) is 0 Å². The highest BCUT2D eigenvalue weighted by Crippen LogP contribution is 2.13. The second-order valence-corrected chi connectivity index (χ2v) is 4.96. The molecule has 0 saturated heterocycles. The zero-order chi connectivity index (χ0) is 15.0. The van der Waals surface area contributed by atoms with E-state index in [0.29, 0.717) is 25.3 Å². The van der Waals surface area contributed by atoms with Crippen molar-refractivity contribution in [2.45, 2.75) is 26.9 Å². The molecule has 1 rings (SSSR count). The van der Waals surface area contributed by atoms with Crippen LogP contribution in [-0.2, 0) is 4.74 Å². The van der Waals surface area contributed by atoms with Gasteiger partial charge < -0.3 is 14.8 Å². The van der Waals surface area contributed by atoms with Crippen molar-refractivity contribution < 1.29 is 14.3 Å². The molecule has 1 aromatic rings. The Morgan fingerprint density at radius 3 is 2.50 bits per heavy atom. The van der Waals surface area contributed by atoms with Crippen LogP contribution in [0.3, 0.4) is 0 Å². The molecule has 4 heteroatoms. The third kappa shape index (κ3) is 6.38. The van der Waals surface area contributed by atoms with E-state index in [0.717, 1.165) is 11.3 Å². The van der Waals surface area contributed by atoms with Crippen LogP contribution in [0.2, 0.25) is 0 Å². The van der Waals surface area contributed by atoms with Gasteiger partial charge in [-0.1, -0.05) is 12.2 Å². The SMILES string of the molecule is C=C(C)COCCNC(=O)c1ccc(OC(C)C)cc1. The van der Waals surface area contributed by atoms with E-state index >= 15 is 0 Å². The summed E-state index contributed by atoms with van der Waals surface area (Å²) in [5, 5.41) is 2.80. The highest BCUT2D eigenvalue weighted by atomic mass is 16.5. The van der Waals surface area contributed by atoms with E-state index in [1.54, 1.807) is 24.3 Å². The Bertz CT molecular complexity index is 438. The number of ether oxygens (including phenoxy) is 2. The fourth-order valence-electron chi connectivity index (χ4n) is 1.54. The van der Waals surface area contributed by atoms with Gasteiger partial charge >= 0.3 is 0 Å². The number of carbonyl (C=O) groups is 1. The molecule has 0 aliphatic carbocycles. The molecule has 1 aromatic carbocycles. The molecule has 0 saturated carbocycles. The van der Waals surface area contributed by atoms with Crippen LogP contribution >= 0.6 is 0 Å². The molecular formula is C16H23NO3. The fourth-order valence-corrected chi connectivity index (χ4v) is 1.54. The highest BCUT2D eigenvalue weighted by Gasteiger charge is 2.05. The van der Waals surface area contributed by atoms with E-state index in [2.05, 4.69) is 11.9 Å². The first-order valence-corrected chi connectivity index (χ1v) is 6.76. The normalized spacial score (nSPS) is 10.4. The van der Waals surface area contributed by atoms with E-state index in [4.69, 9.17) is 9.47 Å². The molecule has 1 N–H and O–H groups in total. The molecule has 0 aromatic heterocycles. The van der Waals surface area contributed by atoms with Crippen molar-refractivity contribution in [2.75, 3.05) is 19.8 Å². The fraction of sp³-hybridized carbons (Fsp3) is 0.438. The molecule has 110 valence electrons. The molecule has 0 spiro atoms. The van der Waals surface area contributed by atoms with Gasteiger partial charge in [-0.15, -0.1) is 0 Å². The smallest absolute Gasteiger partial charge is 0.251 e. The van der Waals surface area contributed by atoms with Gasteiger partial charge in [0.15, 0.2) is 0 Å². The summed E-state index contributed by atoms with van der Waals surface area (Å²) >= 11 is 0. The van der Waals surface area contributed by atoms with Gasteiger partial charge in [0.1, 0.15) is 5.75 Å². The Kier molecular flexibility index (Phi) is 6.81. The van der Waals surface area contributed by atoms with E-state index in [9.17, 15) is 4.79 Å². The zero-order valence-corrected chi connectivity index (χ0v) is 12.4.